The maximum atomic E-state index is 12.6. The second kappa shape index (κ2) is 5.80. The Kier molecular flexibility index (Phi) is 4.35. The summed E-state index contributed by atoms with van der Waals surface area (Å²) in [6.45, 7) is 8.76. The third-order valence-electron chi connectivity index (χ3n) is 3.30. The van der Waals surface area contributed by atoms with Gasteiger partial charge in [0.25, 0.3) is 5.91 Å². The average Bonchev–Trinajstić information content (AvgIpc) is 2.95. The van der Waals surface area contributed by atoms with Crippen molar-refractivity contribution in [3.05, 3.63) is 15.6 Å². The lowest BCUT2D eigenvalue weighted by Gasteiger charge is -2.27. The summed E-state index contributed by atoms with van der Waals surface area (Å²) in [5.74, 6) is 0.161. The summed E-state index contributed by atoms with van der Waals surface area (Å²) >= 11 is 1.51. The molecule has 2 rings (SSSR count). The van der Waals surface area contributed by atoms with Crippen LogP contribution >= 0.6 is 11.3 Å². The molecule has 0 aliphatic carbocycles. The first-order valence-corrected chi connectivity index (χ1v) is 7.40. The van der Waals surface area contributed by atoms with E-state index in [-0.39, 0.29) is 5.91 Å². The highest BCUT2D eigenvalue weighted by Crippen LogP contribution is 2.22. The molecule has 2 heterocycles. The topological polar surface area (TPSA) is 45.2 Å². The fourth-order valence-electron chi connectivity index (χ4n) is 2.46. The second-order valence-electron chi connectivity index (χ2n) is 4.79. The van der Waals surface area contributed by atoms with Gasteiger partial charge in [0, 0.05) is 19.1 Å². The first-order chi connectivity index (χ1) is 8.63. The van der Waals surface area contributed by atoms with Crippen molar-refractivity contribution in [2.24, 2.45) is 0 Å². The molecule has 1 N–H and O–H groups in total. The molecule has 0 spiro atoms. The Morgan fingerprint density at radius 1 is 1.56 bits per heavy atom. The van der Waals surface area contributed by atoms with Crippen molar-refractivity contribution in [2.75, 3.05) is 19.6 Å². The Bertz CT molecular complexity index is 424. The molecule has 4 nitrogen and oxygen atoms in total. The smallest absolute Gasteiger partial charge is 0.266 e. The van der Waals surface area contributed by atoms with Crippen molar-refractivity contribution < 1.29 is 4.79 Å². The molecule has 1 aliphatic rings. The van der Waals surface area contributed by atoms with Gasteiger partial charge in [0.05, 0.1) is 10.7 Å². The van der Waals surface area contributed by atoms with Crippen LogP contribution in [0.4, 0.5) is 0 Å². The van der Waals surface area contributed by atoms with Crippen molar-refractivity contribution in [3.8, 4) is 0 Å². The zero-order chi connectivity index (χ0) is 13.1. The Balaban J connectivity index is 2.19. The number of nitrogens with one attached hydrogen (secondary N) is 1. The van der Waals surface area contributed by atoms with Crippen molar-refractivity contribution >= 4 is 17.2 Å². The highest BCUT2D eigenvalue weighted by atomic mass is 32.1. The lowest BCUT2D eigenvalue weighted by molar-refractivity contribution is 0.0696. The van der Waals surface area contributed by atoms with Gasteiger partial charge in [0.2, 0.25) is 0 Å². The minimum absolute atomic E-state index is 0.161. The van der Waals surface area contributed by atoms with Gasteiger partial charge in [-0.25, -0.2) is 4.98 Å². The van der Waals surface area contributed by atoms with E-state index in [1.54, 1.807) is 0 Å². The largest absolute Gasteiger partial charge is 0.334 e. The average molecular weight is 267 g/mol. The van der Waals surface area contributed by atoms with Gasteiger partial charge >= 0.3 is 0 Å². The van der Waals surface area contributed by atoms with E-state index >= 15 is 0 Å². The summed E-state index contributed by atoms with van der Waals surface area (Å²) in [4.78, 5) is 19.8. The number of thiazole rings is 1. The molecular weight excluding hydrogens is 246 g/mol. The monoisotopic (exact) mass is 267 g/mol. The van der Waals surface area contributed by atoms with Gasteiger partial charge in [0.15, 0.2) is 0 Å². The van der Waals surface area contributed by atoms with E-state index in [0.717, 1.165) is 48.1 Å². The van der Waals surface area contributed by atoms with Crippen LogP contribution in [-0.4, -0.2) is 41.5 Å². The van der Waals surface area contributed by atoms with Gasteiger partial charge in [-0.1, -0.05) is 6.92 Å². The molecule has 0 bridgehead atoms. The molecule has 0 aromatic carbocycles. The Morgan fingerprint density at radius 2 is 2.33 bits per heavy atom. The number of hydrogen-bond donors (Lipinski definition) is 1. The molecule has 1 saturated heterocycles. The third-order valence-corrected chi connectivity index (χ3v) is 4.36. The number of rotatable bonds is 4. The molecule has 18 heavy (non-hydrogen) atoms. The van der Waals surface area contributed by atoms with Crippen LogP contribution in [0.2, 0.25) is 0 Å². The van der Waals surface area contributed by atoms with E-state index in [0.29, 0.717) is 6.04 Å². The highest BCUT2D eigenvalue weighted by molar-refractivity contribution is 7.13. The van der Waals surface area contributed by atoms with Gasteiger partial charge < -0.3 is 10.2 Å². The number of aromatic nitrogens is 1. The number of amides is 1. The number of carbonyl (C=O) groups is 1. The molecule has 5 heteroatoms. The Morgan fingerprint density at radius 3 is 2.83 bits per heavy atom. The second-order valence-corrected chi connectivity index (χ2v) is 6.00. The first kappa shape index (κ1) is 13.5. The van der Waals surface area contributed by atoms with Gasteiger partial charge in [-0.2, -0.15) is 0 Å². The molecule has 0 saturated carbocycles. The third kappa shape index (κ3) is 2.72. The minimum Gasteiger partial charge on any atom is -0.334 e. The molecule has 1 unspecified atom stereocenters. The van der Waals surface area contributed by atoms with Gasteiger partial charge in [-0.05, 0) is 33.2 Å². The van der Waals surface area contributed by atoms with E-state index < -0.39 is 0 Å². The Hall–Kier alpha value is -0.940. The fourth-order valence-corrected chi connectivity index (χ4v) is 3.33. The van der Waals surface area contributed by atoms with Gasteiger partial charge in [-0.15, -0.1) is 11.3 Å². The molecule has 1 aromatic heterocycles. The minimum atomic E-state index is 0.161. The normalized spacial score (nSPS) is 19.2. The zero-order valence-corrected chi connectivity index (χ0v) is 12.1. The van der Waals surface area contributed by atoms with Crippen LogP contribution in [0, 0.1) is 13.8 Å². The first-order valence-electron chi connectivity index (χ1n) is 6.59. The number of carbonyl (C=O) groups excluding carboxylic acids is 1. The number of nitrogens with zero attached hydrogens (tertiary/aromatic N) is 2. The van der Waals surface area contributed by atoms with Crippen molar-refractivity contribution in [1.29, 1.82) is 0 Å². The summed E-state index contributed by atoms with van der Waals surface area (Å²) in [5.41, 5.74) is 0.870. The van der Waals surface area contributed by atoms with Crippen molar-refractivity contribution in [3.63, 3.8) is 0 Å². The molecule has 100 valence electrons. The molecular formula is C13H21N3OS. The standard InChI is InChI=1S/C13H21N3OS/c1-4-7-16(11-5-6-14-8-11)13(17)12-9(2)15-10(3)18-12/h11,14H,4-8H2,1-3H3. The Labute approximate surface area is 112 Å². The quantitative estimate of drug-likeness (QED) is 0.907. The lowest BCUT2D eigenvalue weighted by Crippen LogP contribution is -2.42. The molecule has 1 aromatic rings. The maximum Gasteiger partial charge on any atom is 0.266 e. The highest BCUT2D eigenvalue weighted by Gasteiger charge is 2.28. The summed E-state index contributed by atoms with van der Waals surface area (Å²) in [7, 11) is 0. The van der Waals surface area contributed by atoms with Crippen LogP contribution < -0.4 is 5.32 Å². The van der Waals surface area contributed by atoms with E-state index in [1.165, 1.54) is 11.3 Å². The number of aryl methyl sites for hydroxylation is 2. The predicted molar refractivity (Wildman–Crippen MR) is 74.2 cm³/mol. The molecule has 1 fully saturated rings. The molecule has 1 amide bonds. The maximum absolute atomic E-state index is 12.6. The van der Waals surface area contributed by atoms with E-state index in [2.05, 4.69) is 17.2 Å². The van der Waals surface area contributed by atoms with Gasteiger partial charge in [-0.3, -0.25) is 4.79 Å². The van der Waals surface area contributed by atoms with Crippen LogP contribution in [0.15, 0.2) is 0 Å². The van der Waals surface area contributed by atoms with Gasteiger partial charge in [0.1, 0.15) is 4.88 Å². The summed E-state index contributed by atoms with van der Waals surface area (Å²) in [6, 6.07) is 0.347. The van der Waals surface area contributed by atoms with Crippen LogP contribution in [0.5, 0.6) is 0 Å². The SMILES string of the molecule is CCCN(C(=O)c1sc(C)nc1C)C1CCNC1. The van der Waals surface area contributed by atoms with Crippen molar-refractivity contribution in [2.45, 2.75) is 39.7 Å². The van der Waals surface area contributed by atoms with E-state index in [9.17, 15) is 4.79 Å². The summed E-state index contributed by atoms with van der Waals surface area (Å²) in [5, 5.41) is 4.30. The zero-order valence-electron chi connectivity index (χ0n) is 11.3. The van der Waals surface area contributed by atoms with E-state index in [1.807, 2.05) is 18.7 Å². The molecule has 0 radical (unpaired) electrons. The predicted octanol–water partition coefficient (Wildman–Crippen LogP) is 1.97. The van der Waals surface area contributed by atoms with Crippen LogP contribution in [-0.2, 0) is 0 Å². The van der Waals surface area contributed by atoms with Crippen LogP contribution in [0.3, 0.4) is 0 Å². The molecule has 1 aliphatic heterocycles. The fraction of sp³-hybridized carbons (Fsp3) is 0.692. The van der Waals surface area contributed by atoms with Crippen LogP contribution in [0.25, 0.3) is 0 Å². The lowest BCUT2D eigenvalue weighted by atomic mass is 10.2. The summed E-state index contributed by atoms with van der Waals surface area (Å²) < 4.78 is 0. The summed E-state index contributed by atoms with van der Waals surface area (Å²) in [6.07, 6.45) is 2.06. The number of hydrogen-bond acceptors (Lipinski definition) is 4. The van der Waals surface area contributed by atoms with E-state index in [4.69, 9.17) is 0 Å². The van der Waals surface area contributed by atoms with Crippen molar-refractivity contribution in [1.82, 2.24) is 15.2 Å². The van der Waals surface area contributed by atoms with Crippen LogP contribution in [0.1, 0.15) is 40.1 Å². The molecule has 1 atom stereocenters.